The minimum atomic E-state index is -4.58. The molecule has 0 bridgehead atoms. The topological polar surface area (TPSA) is 33.1 Å². The average molecular weight is 253 g/mol. The summed E-state index contributed by atoms with van der Waals surface area (Å²) in [4.78, 5) is 4.15. The number of benzene rings is 1. The summed E-state index contributed by atoms with van der Waals surface area (Å²) in [5, 5.41) is 9.23. The Morgan fingerprint density at radius 3 is 2.44 bits per heavy atom. The van der Waals surface area contributed by atoms with Gasteiger partial charge in [0, 0.05) is 11.3 Å². The SMILES string of the molecule is Cc1cccc(-c2ccc(O)c(C(F)(F)F)c2)n1. The summed E-state index contributed by atoms with van der Waals surface area (Å²) in [6.07, 6.45) is -4.58. The number of phenolic OH excluding ortho intramolecular Hbond substituents is 1. The van der Waals surface area contributed by atoms with Gasteiger partial charge in [-0.3, -0.25) is 4.98 Å². The van der Waals surface area contributed by atoms with E-state index in [1.807, 2.05) is 0 Å². The van der Waals surface area contributed by atoms with Gasteiger partial charge in [-0.15, -0.1) is 0 Å². The zero-order valence-electron chi connectivity index (χ0n) is 9.49. The molecular weight excluding hydrogens is 243 g/mol. The third kappa shape index (κ3) is 2.45. The molecule has 0 fully saturated rings. The molecule has 1 aromatic carbocycles. The van der Waals surface area contributed by atoms with Crippen LogP contribution in [0.15, 0.2) is 36.4 Å². The molecule has 0 amide bonds. The Morgan fingerprint density at radius 2 is 1.83 bits per heavy atom. The van der Waals surface area contributed by atoms with E-state index in [2.05, 4.69) is 4.98 Å². The Hall–Kier alpha value is -2.04. The van der Waals surface area contributed by atoms with Crippen molar-refractivity contribution in [2.45, 2.75) is 13.1 Å². The smallest absolute Gasteiger partial charge is 0.419 e. The van der Waals surface area contributed by atoms with E-state index in [4.69, 9.17) is 0 Å². The maximum atomic E-state index is 12.6. The summed E-state index contributed by atoms with van der Waals surface area (Å²) in [7, 11) is 0. The molecule has 0 aliphatic carbocycles. The molecule has 0 saturated heterocycles. The van der Waals surface area contributed by atoms with Gasteiger partial charge in [0.25, 0.3) is 0 Å². The van der Waals surface area contributed by atoms with E-state index in [0.29, 0.717) is 17.0 Å². The first kappa shape index (κ1) is 12.4. The maximum Gasteiger partial charge on any atom is 0.419 e. The quantitative estimate of drug-likeness (QED) is 0.838. The number of hydrogen-bond acceptors (Lipinski definition) is 2. The van der Waals surface area contributed by atoms with Gasteiger partial charge in [0.2, 0.25) is 0 Å². The normalized spacial score (nSPS) is 11.6. The van der Waals surface area contributed by atoms with E-state index in [1.54, 1.807) is 25.1 Å². The maximum absolute atomic E-state index is 12.6. The summed E-state index contributed by atoms with van der Waals surface area (Å²) in [5.41, 5.74) is 0.432. The standard InChI is InChI=1S/C13H10F3NO/c1-8-3-2-4-11(17-8)9-5-6-12(18)10(7-9)13(14,15)16/h2-7,18H,1H3. The lowest BCUT2D eigenvalue weighted by Crippen LogP contribution is -2.05. The van der Waals surface area contributed by atoms with Crippen LogP contribution in [0.5, 0.6) is 5.75 Å². The van der Waals surface area contributed by atoms with Crippen LogP contribution in [0.3, 0.4) is 0 Å². The van der Waals surface area contributed by atoms with Crippen molar-refractivity contribution in [3.63, 3.8) is 0 Å². The number of halogens is 3. The predicted molar refractivity (Wildman–Crippen MR) is 61.1 cm³/mol. The van der Waals surface area contributed by atoms with Crippen LogP contribution in [-0.2, 0) is 6.18 Å². The molecule has 0 spiro atoms. The summed E-state index contributed by atoms with van der Waals surface area (Å²) < 4.78 is 37.9. The predicted octanol–water partition coefficient (Wildman–Crippen LogP) is 3.78. The van der Waals surface area contributed by atoms with E-state index >= 15 is 0 Å². The summed E-state index contributed by atoms with van der Waals surface area (Å²) in [5.74, 6) is -0.779. The molecule has 1 aromatic heterocycles. The number of rotatable bonds is 1. The highest BCUT2D eigenvalue weighted by atomic mass is 19.4. The molecule has 1 N–H and O–H groups in total. The molecule has 94 valence electrons. The van der Waals surface area contributed by atoms with Crippen molar-refractivity contribution < 1.29 is 18.3 Å². The van der Waals surface area contributed by atoms with Gasteiger partial charge in [-0.05, 0) is 37.3 Å². The molecule has 2 nitrogen and oxygen atoms in total. The first-order valence-corrected chi connectivity index (χ1v) is 5.22. The third-order valence-electron chi connectivity index (χ3n) is 2.49. The van der Waals surface area contributed by atoms with E-state index in [9.17, 15) is 18.3 Å². The Morgan fingerprint density at radius 1 is 1.11 bits per heavy atom. The highest BCUT2D eigenvalue weighted by Crippen LogP contribution is 2.37. The lowest BCUT2D eigenvalue weighted by Gasteiger charge is -2.10. The van der Waals surface area contributed by atoms with Gasteiger partial charge >= 0.3 is 6.18 Å². The van der Waals surface area contributed by atoms with Crippen LogP contribution in [0.25, 0.3) is 11.3 Å². The van der Waals surface area contributed by atoms with Crippen molar-refractivity contribution in [2.24, 2.45) is 0 Å². The first-order valence-electron chi connectivity index (χ1n) is 5.22. The van der Waals surface area contributed by atoms with Gasteiger partial charge in [0.15, 0.2) is 0 Å². The van der Waals surface area contributed by atoms with Gasteiger partial charge in [-0.2, -0.15) is 13.2 Å². The lowest BCUT2D eigenvalue weighted by atomic mass is 10.1. The fourth-order valence-electron chi connectivity index (χ4n) is 1.63. The van der Waals surface area contributed by atoms with Crippen molar-refractivity contribution in [1.82, 2.24) is 4.98 Å². The van der Waals surface area contributed by atoms with Crippen LogP contribution in [0.1, 0.15) is 11.3 Å². The van der Waals surface area contributed by atoms with E-state index in [0.717, 1.165) is 12.1 Å². The van der Waals surface area contributed by atoms with Crippen molar-refractivity contribution in [3.05, 3.63) is 47.7 Å². The Bertz CT molecular complexity index is 579. The van der Waals surface area contributed by atoms with Crippen LogP contribution < -0.4 is 0 Å². The number of nitrogens with zero attached hydrogens (tertiary/aromatic N) is 1. The molecular formula is C13H10F3NO. The fraction of sp³-hybridized carbons (Fsp3) is 0.154. The van der Waals surface area contributed by atoms with Crippen molar-refractivity contribution in [2.75, 3.05) is 0 Å². The van der Waals surface area contributed by atoms with Crippen LogP contribution in [0.2, 0.25) is 0 Å². The fourth-order valence-corrected chi connectivity index (χ4v) is 1.63. The number of hydrogen-bond donors (Lipinski definition) is 1. The molecule has 1 heterocycles. The highest BCUT2D eigenvalue weighted by molar-refractivity contribution is 5.62. The molecule has 0 radical (unpaired) electrons. The number of aromatic hydroxyl groups is 1. The van der Waals surface area contributed by atoms with Crippen LogP contribution >= 0.6 is 0 Å². The molecule has 0 atom stereocenters. The number of aromatic nitrogens is 1. The van der Waals surface area contributed by atoms with Gasteiger partial charge in [0.1, 0.15) is 5.75 Å². The number of alkyl halides is 3. The second-order valence-electron chi connectivity index (χ2n) is 3.89. The van der Waals surface area contributed by atoms with E-state index in [1.165, 1.54) is 6.07 Å². The van der Waals surface area contributed by atoms with Gasteiger partial charge in [-0.1, -0.05) is 6.07 Å². The second kappa shape index (κ2) is 4.33. The Labute approximate surface area is 102 Å². The summed E-state index contributed by atoms with van der Waals surface area (Å²) in [6.45, 7) is 1.76. The van der Waals surface area contributed by atoms with Crippen LogP contribution in [-0.4, -0.2) is 10.1 Å². The second-order valence-corrected chi connectivity index (χ2v) is 3.89. The van der Waals surface area contributed by atoms with Gasteiger partial charge in [-0.25, -0.2) is 0 Å². The largest absolute Gasteiger partial charge is 0.507 e. The third-order valence-corrected chi connectivity index (χ3v) is 2.49. The highest BCUT2D eigenvalue weighted by Gasteiger charge is 2.34. The van der Waals surface area contributed by atoms with Gasteiger partial charge < -0.3 is 5.11 Å². The Kier molecular flexibility index (Phi) is 2.98. The number of pyridine rings is 1. The molecule has 0 saturated carbocycles. The molecule has 0 unspecified atom stereocenters. The van der Waals surface area contributed by atoms with E-state index < -0.39 is 17.5 Å². The zero-order chi connectivity index (χ0) is 13.3. The van der Waals surface area contributed by atoms with Crippen LogP contribution in [0.4, 0.5) is 13.2 Å². The van der Waals surface area contributed by atoms with E-state index in [-0.39, 0.29) is 0 Å². The summed E-state index contributed by atoms with van der Waals surface area (Å²) in [6, 6.07) is 8.44. The number of aryl methyl sites for hydroxylation is 1. The van der Waals surface area contributed by atoms with Gasteiger partial charge in [0.05, 0.1) is 11.3 Å². The van der Waals surface area contributed by atoms with Crippen molar-refractivity contribution >= 4 is 0 Å². The minimum absolute atomic E-state index is 0.323. The molecule has 0 aliphatic rings. The summed E-state index contributed by atoms with van der Waals surface area (Å²) >= 11 is 0. The first-order chi connectivity index (χ1) is 8.38. The molecule has 5 heteroatoms. The zero-order valence-corrected chi connectivity index (χ0v) is 9.49. The molecule has 2 rings (SSSR count). The van der Waals surface area contributed by atoms with Crippen molar-refractivity contribution in [1.29, 1.82) is 0 Å². The lowest BCUT2D eigenvalue weighted by molar-refractivity contribution is -0.138. The van der Waals surface area contributed by atoms with Crippen molar-refractivity contribution in [3.8, 4) is 17.0 Å². The Balaban J connectivity index is 2.54. The molecule has 2 aromatic rings. The minimum Gasteiger partial charge on any atom is -0.507 e. The molecule has 0 aliphatic heterocycles. The molecule has 18 heavy (non-hydrogen) atoms. The monoisotopic (exact) mass is 253 g/mol. The number of phenols is 1. The van der Waals surface area contributed by atoms with Crippen LogP contribution in [0, 0.1) is 6.92 Å². The average Bonchev–Trinajstić information content (AvgIpc) is 2.28.